The Morgan fingerprint density at radius 2 is 2.00 bits per heavy atom. The van der Waals surface area contributed by atoms with E-state index >= 15 is 0 Å². The second-order valence-electron chi connectivity index (χ2n) is 3.75. The summed E-state index contributed by atoms with van der Waals surface area (Å²) in [6.07, 6.45) is -4.00. The van der Waals surface area contributed by atoms with Crippen LogP contribution in [0.2, 0.25) is 0 Å². The zero-order valence-corrected chi connectivity index (χ0v) is 10.2. The number of nitrogens with zero attached hydrogens (tertiary/aromatic N) is 2. The number of hydrogen-bond acceptors (Lipinski definition) is 4. The maximum absolute atomic E-state index is 13.0. The molecule has 0 radical (unpaired) electrons. The van der Waals surface area contributed by atoms with Crippen LogP contribution >= 0.6 is 0 Å². The standard InChI is InChI=1S/C12H9F4N3O/c1-20-10-9(12(14,15)16)6-17-11(19-10)18-8-4-2-3-7(13)5-8/h2-6H,1H3,(H,17,18,19). The van der Waals surface area contributed by atoms with Crippen LogP contribution in [0.15, 0.2) is 30.5 Å². The first-order valence-corrected chi connectivity index (χ1v) is 5.41. The summed E-state index contributed by atoms with van der Waals surface area (Å²) in [5, 5.41) is 2.59. The van der Waals surface area contributed by atoms with Crippen LogP contribution in [0.25, 0.3) is 0 Å². The predicted octanol–water partition coefficient (Wildman–Crippen LogP) is 3.39. The lowest BCUT2D eigenvalue weighted by atomic mass is 10.3. The van der Waals surface area contributed by atoms with Gasteiger partial charge in [-0.1, -0.05) is 6.07 Å². The van der Waals surface area contributed by atoms with Crippen molar-refractivity contribution in [2.24, 2.45) is 0 Å². The summed E-state index contributed by atoms with van der Waals surface area (Å²) < 4.78 is 55.4. The monoisotopic (exact) mass is 287 g/mol. The molecule has 0 aliphatic rings. The van der Waals surface area contributed by atoms with E-state index in [1.54, 1.807) is 0 Å². The van der Waals surface area contributed by atoms with Crippen LogP contribution in [0.5, 0.6) is 5.88 Å². The van der Waals surface area contributed by atoms with Crippen molar-refractivity contribution in [1.82, 2.24) is 9.97 Å². The fraction of sp³-hybridized carbons (Fsp3) is 0.167. The molecule has 106 valence electrons. The molecular formula is C12H9F4N3O. The largest absolute Gasteiger partial charge is 0.480 e. The first-order chi connectivity index (χ1) is 9.40. The Balaban J connectivity index is 2.30. The van der Waals surface area contributed by atoms with Crippen molar-refractivity contribution in [3.8, 4) is 5.88 Å². The van der Waals surface area contributed by atoms with E-state index < -0.39 is 23.4 Å². The van der Waals surface area contributed by atoms with Gasteiger partial charge in [0.2, 0.25) is 11.8 Å². The van der Waals surface area contributed by atoms with Gasteiger partial charge in [-0.25, -0.2) is 9.37 Å². The number of nitrogens with one attached hydrogen (secondary N) is 1. The van der Waals surface area contributed by atoms with Crippen LogP contribution in [0, 0.1) is 5.82 Å². The molecule has 20 heavy (non-hydrogen) atoms. The van der Waals surface area contributed by atoms with Crippen molar-refractivity contribution >= 4 is 11.6 Å². The SMILES string of the molecule is COc1nc(Nc2cccc(F)c2)ncc1C(F)(F)F. The highest BCUT2D eigenvalue weighted by molar-refractivity contribution is 5.53. The number of anilines is 2. The summed E-state index contributed by atoms with van der Waals surface area (Å²) >= 11 is 0. The molecule has 0 aliphatic heterocycles. The summed E-state index contributed by atoms with van der Waals surface area (Å²) in [6, 6.07) is 5.36. The van der Waals surface area contributed by atoms with Crippen molar-refractivity contribution < 1.29 is 22.3 Å². The Kier molecular flexibility index (Phi) is 3.73. The Labute approximate surface area is 111 Å². The average Bonchev–Trinajstić information content (AvgIpc) is 2.37. The van der Waals surface area contributed by atoms with E-state index in [1.165, 1.54) is 18.2 Å². The Hall–Kier alpha value is -2.38. The molecule has 4 nitrogen and oxygen atoms in total. The van der Waals surface area contributed by atoms with E-state index in [0.717, 1.165) is 13.2 Å². The summed E-state index contributed by atoms with van der Waals surface area (Å²) in [5.41, 5.74) is -0.767. The molecule has 0 bridgehead atoms. The molecule has 0 spiro atoms. The van der Waals surface area contributed by atoms with Gasteiger partial charge in [-0.15, -0.1) is 0 Å². The first kappa shape index (κ1) is 14.0. The highest BCUT2D eigenvalue weighted by atomic mass is 19.4. The van der Waals surface area contributed by atoms with Gasteiger partial charge in [0.05, 0.1) is 7.11 Å². The highest BCUT2D eigenvalue weighted by Gasteiger charge is 2.36. The van der Waals surface area contributed by atoms with Crippen LogP contribution in [-0.4, -0.2) is 17.1 Å². The molecule has 1 N–H and O–H groups in total. The summed E-state index contributed by atoms with van der Waals surface area (Å²) in [5.74, 6) is -1.22. The van der Waals surface area contributed by atoms with E-state index in [4.69, 9.17) is 0 Å². The van der Waals surface area contributed by atoms with Crippen molar-refractivity contribution in [1.29, 1.82) is 0 Å². The number of hydrogen-bond donors (Lipinski definition) is 1. The van der Waals surface area contributed by atoms with E-state index in [1.807, 2.05) is 0 Å². The fourth-order valence-electron chi connectivity index (χ4n) is 1.47. The highest BCUT2D eigenvalue weighted by Crippen LogP contribution is 2.35. The number of benzene rings is 1. The summed E-state index contributed by atoms with van der Waals surface area (Å²) in [7, 11) is 1.07. The molecule has 0 saturated carbocycles. The molecule has 0 saturated heterocycles. The van der Waals surface area contributed by atoms with Gasteiger partial charge in [0, 0.05) is 11.9 Å². The van der Waals surface area contributed by atoms with Gasteiger partial charge in [0.1, 0.15) is 11.4 Å². The summed E-state index contributed by atoms with van der Waals surface area (Å²) in [4.78, 5) is 7.13. The van der Waals surface area contributed by atoms with Crippen LogP contribution in [0.4, 0.5) is 29.2 Å². The van der Waals surface area contributed by atoms with Crippen LogP contribution in [-0.2, 0) is 6.18 Å². The molecule has 0 aliphatic carbocycles. The normalized spacial score (nSPS) is 11.2. The second kappa shape index (κ2) is 5.32. The topological polar surface area (TPSA) is 47.0 Å². The van der Waals surface area contributed by atoms with E-state index in [0.29, 0.717) is 11.9 Å². The lowest BCUT2D eigenvalue weighted by Gasteiger charge is -2.12. The third-order valence-electron chi connectivity index (χ3n) is 2.33. The third kappa shape index (κ3) is 3.14. The lowest BCUT2D eigenvalue weighted by molar-refractivity contribution is -0.139. The van der Waals surface area contributed by atoms with E-state index in [9.17, 15) is 17.6 Å². The predicted molar refractivity (Wildman–Crippen MR) is 63.3 cm³/mol. The minimum Gasteiger partial charge on any atom is -0.480 e. The lowest BCUT2D eigenvalue weighted by Crippen LogP contribution is -2.11. The minimum absolute atomic E-state index is 0.125. The van der Waals surface area contributed by atoms with Gasteiger partial charge in [0.25, 0.3) is 0 Å². The van der Waals surface area contributed by atoms with Crippen LogP contribution < -0.4 is 10.1 Å². The molecule has 1 aromatic carbocycles. The molecule has 1 heterocycles. The molecule has 0 fully saturated rings. The number of ether oxygens (including phenoxy) is 1. The maximum Gasteiger partial charge on any atom is 0.423 e. The zero-order chi connectivity index (χ0) is 14.8. The molecule has 2 rings (SSSR count). The van der Waals surface area contributed by atoms with Crippen molar-refractivity contribution in [3.05, 3.63) is 41.8 Å². The van der Waals surface area contributed by atoms with Gasteiger partial charge in [-0.2, -0.15) is 18.2 Å². The number of alkyl halides is 3. The van der Waals surface area contributed by atoms with Crippen molar-refractivity contribution in [2.75, 3.05) is 12.4 Å². The minimum atomic E-state index is -4.61. The van der Waals surface area contributed by atoms with Crippen LogP contribution in [0.1, 0.15) is 5.56 Å². The van der Waals surface area contributed by atoms with Crippen molar-refractivity contribution in [2.45, 2.75) is 6.18 Å². The zero-order valence-electron chi connectivity index (χ0n) is 10.2. The van der Waals surface area contributed by atoms with E-state index in [2.05, 4.69) is 20.0 Å². The Bertz CT molecular complexity index is 616. The van der Waals surface area contributed by atoms with Gasteiger partial charge in [-0.3, -0.25) is 0 Å². The molecular weight excluding hydrogens is 278 g/mol. The Morgan fingerprint density at radius 1 is 1.25 bits per heavy atom. The Morgan fingerprint density at radius 3 is 2.60 bits per heavy atom. The van der Waals surface area contributed by atoms with Gasteiger partial charge >= 0.3 is 6.18 Å². The molecule has 2 aromatic rings. The first-order valence-electron chi connectivity index (χ1n) is 5.41. The van der Waals surface area contributed by atoms with Crippen molar-refractivity contribution in [3.63, 3.8) is 0 Å². The fourth-order valence-corrected chi connectivity index (χ4v) is 1.47. The second-order valence-corrected chi connectivity index (χ2v) is 3.75. The smallest absolute Gasteiger partial charge is 0.423 e. The molecule has 0 atom stereocenters. The number of aromatic nitrogens is 2. The molecule has 0 amide bonds. The van der Waals surface area contributed by atoms with Gasteiger partial charge < -0.3 is 10.1 Å². The molecule has 8 heteroatoms. The maximum atomic E-state index is 13.0. The molecule has 0 unspecified atom stereocenters. The quantitative estimate of drug-likeness (QED) is 0.879. The average molecular weight is 287 g/mol. The molecule has 1 aromatic heterocycles. The number of rotatable bonds is 3. The summed E-state index contributed by atoms with van der Waals surface area (Å²) in [6.45, 7) is 0. The third-order valence-corrected chi connectivity index (χ3v) is 2.33. The van der Waals surface area contributed by atoms with Gasteiger partial charge in [-0.05, 0) is 18.2 Å². The van der Waals surface area contributed by atoms with E-state index in [-0.39, 0.29) is 5.95 Å². The number of methoxy groups -OCH3 is 1. The number of halogens is 4. The van der Waals surface area contributed by atoms with Gasteiger partial charge in [0.15, 0.2) is 0 Å². The van der Waals surface area contributed by atoms with Crippen LogP contribution in [0.3, 0.4) is 0 Å².